The Hall–Kier alpha value is -0.530. The van der Waals surface area contributed by atoms with Crippen LogP contribution >= 0.6 is 0 Å². The highest BCUT2D eigenvalue weighted by Crippen LogP contribution is 2.60. The molecule has 2 nitrogen and oxygen atoms in total. The lowest BCUT2D eigenvalue weighted by Crippen LogP contribution is -2.08. The molecular weight excluding hydrogens is 368 g/mol. The standard InChI is InChI=1S/C28H46O2/c1-18-4-3-5-28(29)30-9-8-20-11-22(20)13-24-15-26(24)17-27-16-25(27)14-23-12-21(23)10-19(2)7-6-18/h18-27H,3-17H2,1-2H3. The predicted molar refractivity (Wildman–Crippen MR) is 122 cm³/mol. The lowest BCUT2D eigenvalue weighted by molar-refractivity contribution is -0.144. The first-order chi connectivity index (χ1) is 14.5. The van der Waals surface area contributed by atoms with Gasteiger partial charge >= 0.3 is 5.97 Å². The van der Waals surface area contributed by atoms with E-state index in [9.17, 15) is 4.79 Å². The zero-order valence-corrected chi connectivity index (χ0v) is 19.7. The van der Waals surface area contributed by atoms with Crippen molar-refractivity contribution in [3.8, 4) is 0 Å². The lowest BCUT2D eigenvalue weighted by Gasteiger charge is -2.15. The molecule has 1 saturated heterocycles. The molecule has 4 saturated carbocycles. The van der Waals surface area contributed by atoms with Gasteiger partial charge in [0.05, 0.1) is 6.61 Å². The molecule has 1 aliphatic heterocycles. The van der Waals surface area contributed by atoms with Crippen LogP contribution in [0.4, 0.5) is 0 Å². The molecule has 10 unspecified atom stereocenters. The summed E-state index contributed by atoms with van der Waals surface area (Å²) < 4.78 is 5.55. The van der Waals surface area contributed by atoms with Gasteiger partial charge < -0.3 is 4.74 Å². The Morgan fingerprint density at radius 3 is 1.63 bits per heavy atom. The highest BCUT2D eigenvalue weighted by Gasteiger charge is 2.50. The summed E-state index contributed by atoms with van der Waals surface area (Å²) in [5, 5.41) is 0. The number of esters is 1. The van der Waals surface area contributed by atoms with Gasteiger partial charge in [-0.05, 0) is 123 Å². The number of ether oxygens (including phenoxy) is 1. The van der Waals surface area contributed by atoms with Crippen LogP contribution in [0, 0.1) is 59.2 Å². The van der Waals surface area contributed by atoms with Gasteiger partial charge in [-0.1, -0.05) is 33.1 Å². The van der Waals surface area contributed by atoms with Crippen LogP contribution < -0.4 is 0 Å². The minimum Gasteiger partial charge on any atom is -0.466 e. The summed E-state index contributed by atoms with van der Waals surface area (Å²) in [4.78, 5) is 12.1. The van der Waals surface area contributed by atoms with Gasteiger partial charge in [-0.25, -0.2) is 0 Å². The molecule has 170 valence electrons. The predicted octanol–water partition coefficient (Wildman–Crippen LogP) is 7.26. The van der Waals surface area contributed by atoms with Gasteiger partial charge in [0.2, 0.25) is 0 Å². The zero-order valence-electron chi connectivity index (χ0n) is 19.7. The SMILES string of the molecule is CC1CCCC(=O)OCCC2CC2CC2CC2CC2CC2CC2CC2CC(C)CC1. The first-order valence-corrected chi connectivity index (χ1v) is 13.7. The van der Waals surface area contributed by atoms with Gasteiger partial charge in [-0.3, -0.25) is 4.79 Å². The Kier molecular flexibility index (Phi) is 6.50. The average Bonchev–Trinajstić information content (AvgIpc) is 3.51. The first-order valence-electron chi connectivity index (χ1n) is 13.7. The Morgan fingerprint density at radius 2 is 1.03 bits per heavy atom. The van der Waals surface area contributed by atoms with Crippen LogP contribution in [0.1, 0.15) is 104 Å². The van der Waals surface area contributed by atoms with Crippen molar-refractivity contribution in [3.63, 3.8) is 0 Å². The van der Waals surface area contributed by atoms with Crippen molar-refractivity contribution in [2.75, 3.05) is 6.61 Å². The second-order valence-corrected chi connectivity index (χ2v) is 12.7. The Balaban J connectivity index is 1.08. The molecule has 0 amide bonds. The summed E-state index contributed by atoms with van der Waals surface area (Å²) >= 11 is 0. The molecule has 0 radical (unpaired) electrons. The maximum Gasteiger partial charge on any atom is 0.305 e. The van der Waals surface area contributed by atoms with Crippen LogP contribution in [0.2, 0.25) is 0 Å². The van der Waals surface area contributed by atoms with Gasteiger partial charge in [-0.15, -0.1) is 0 Å². The van der Waals surface area contributed by atoms with E-state index in [0.29, 0.717) is 13.0 Å². The Labute approximate surface area is 185 Å². The minimum atomic E-state index is 0.0483. The fraction of sp³-hybridized carbons (Fsp3) is 0.964. The quantitative estimate of drug-likeness (QED) is 0.390. The van der Waals surface area contributed by atoms with Gasteiger partial charge in [-0.2, -0.15) is 0 Å². The molecule has 5 rings (SSSR count). The van der Waals surface area contributed by atoms with Crippen molar-refractivity contribution in [2.24, 2.45) is 59.2 Å². The maximum atomic E-state index is 12.1. The number of carbonyl (C=O) groups is 1. The van der Waals surface area contributed by atoms with Crippen molar-refractivity contribution in [1.82, 2.24) is 0 Å². The van der Waals surface area contributed by atoms with Gasteiger partial charge in [0, 0.05) is 6.42 Å². The molecule has 4 aliphatic carbocycles. The van der Waals surface area contributed by atoms with Gasteiger partial charge in [0.25, 0.3) is 0 Å². The van der Waals surface area contributed by atoms with Crippen LogP contribution in [-0.4, -0.2) is 12.6 Å². The molecule has 0 aromatic carbocycles. The van der Waals surface area contributed by atoms with Gasteiger partial charge in [0.1, 0.15) is 0 Å². The van der Waals surface area contributed by atoms with Crippen molar-refractivity contribution in [1.29, 1.82) is 0 Å². The largest absolute Gasteiger partial charge is 0.466 e. The van der Waals surface area contributed by atoms with Crippen LogP contribution in [0.5, 0.6) is 0 Å². The normalized spacial score (nSPS) is 50.0. The third-order valence-electron chi connectivity index (χ3n) is 9.78. The van der Waals surface area contributed by atoms with Crippen LogP contribution in [0.15, 0.2) is 0 Å². The molecular formula is C28H46O2. The first kappa shape index (κ1) is 21.3. The molecule has 30 heavy (non-hydrogen) atoms. The van der Waals surface area contributed by atoms with Crippen molar-refractivity contribution >= 4 is 5.97 Å². The number of hydrogen-bond donors (Lipinski definition) is 0. The Bertz CT molecular complexity index is 599. The van der Waals surface area contributed by atoms with E-state index in [1.165, 1.54) is 44.9 Å². The molecule has 0 aromatic rings. The third-order valence-corrected chi connectivity index (χ3v) is 9.78. The highest BCUT2D eigenvalue weighted by atomic mass is 16.5. The summed E-state index contributed by atoms with van der Waals surface area (Å²) in [6.45, 7) is 5.54. The second kappa shape index (κ2) is 9.14. The third kappa shape index (κ3) is 6.04. The van der Waals surface area contributed by atoms with Crippen molar-refractivity contribution in [3.05, 3.63) is 0 Å². The van der Waals surface area contributed by atoms with E-state index in [0.717, 1.165) is 72.0 Å². The summed E-state index contributed by atoms with van der Waals surface area (Å²) in [5.41, 5.74) is 0. The molecule has 0 aromatic heterocycles. The molecule has 5 aliphatic rings. The molecule has 10 atom stereocenters. The van der Waals surface area contributed by atoms with E-state index in [2.05, 4.69) is 13.8 Å². The average molecular weight is 415 g/mol. The fourth-order valence-corrected chi connectivity index (χ4v) is 7.12. The topological polar surface area (TPSA) is 26.3 Å². The number of hydrogen-bond acceptors (Lipinski definition) is 2. The van der Waals surface area contributed by atoms with E-state index in [1.54, 1.807) is 25.7 Å². The zero-order chi connectivity index (χ0) is 20.7. The minimum absolute atomic E-state index is 0.0483. The molecule has 1 heterocycles. The van der Waals surface area contributed by atoms with E-state index >= 15 is 0 Å². The van der Waals surface area contributed by atoms with Crippen molar-refractivity contribution in [2.45, 2.75) is 104 Å². The molecule has 0 N–H and O–H groups in total. The molecule has 5 fully saturated rings. The van der Waals surface area contributed by atoms with E-state index in [-0.39, 0.29) is 5.97 Å². The van der Waals surface area contributed by atoms with E-state index in [1.807, 2.05) is 0 Å². The fourth-order valence-electron chi connectivity index (χ4n) is 7.12. The summed E-state index contributed by atoms with van der Waals surface area (Å²) in [6.07, 6.45) is 18.8. The second-order valence-electron chi connectivity index (χ2n) is 12.7. The van der Waals surface area contributed by atoms with Crippen molar-refractivity contribution < 1.29 is 9.53 Å². The smallest absolute Gasteiger partial charge is 0.305 e. The van der Waals surface area contributed by atoms with Crippen LogP contribution in [0.3, 0.4) is 0 Å². The van der Waals surface area contributed by atoms with E-state index in [4.69, 9.17) is 4.74 Å². The highest BCUT2D eigenvalue weighted by molar-refractivity contribution is 5.69. The van der Waals surface area contributed by atoms with Crippen LogP contribution in [-0.2, 0) is 9.53 Å². The number of fused-ring (bicyclic) bond motifs is 4. The monoisotopic (exact) mass is 414 g/mol. The maximum absolute atomic E-state index is 12.1. The molecule has 0 spiro atoms. The molecule has 0 bridgehead atoms. The number of carbonyl (C=O) groups excluding carboxylic acids is 1. The number of cyclic esters (lactones) is 1. The Morgan fingerprint density at radius 1 is 0.567 bits per heavy atom. The van der Waals surface area contributed by atoms with E-state index < -0.39 is 0 Å². The van der Waals surface area contributed by atoms with Gasteiger partial charge in [0.15, 0.2) is 0 Å². The lowest BCUT2D eigenvalue weighted by atomic mass is 9.91. The summed E-state index contributed by atoms with van der Waals surface area (Å²) in [6, 6.07) is 0. The summed E-state index contributed by atoms with van der Waals surface area (Å²) in [5.74, 6) is 10.0. The number of rotatable bonds is 0. The summed E-state index contributed by atoms with van der Waals surface area (Å²) in [7, 11) is 0. The van der Waals surface area contributed by atoms with Crippen LogP contribution in [0.25, 0.3) is 0 Å². The molecule has 2 heteroatoms.